The van der Waals surface area contributed by atoms with Gasteiger partial charge in [-0.3, -0.25) is 4.79 Å². The van der Waals surface area contributed by atoms with Crippen LogP contribution in [0.2, 0.25) is 0 Å². The van der Waals surface area contributed by atoms with Gasteiger partial charge in [-0.1, -0.05) is 27.7 Å². The number of hydrogen-bond donors (Lipinski definition) is 1. The maximum atomic E-state index is 11.0. The summed E-state index contributed by atoms with van der Waals surface area (Å²) >= 11 is 0. The van der Waals surface area contributed by atoms with Crippen molar-refractivity contribution in [1.29, 1.82) is 0 Å². The van der Waals surface area contributed by atoms with E-state index in [0.717, 1.165) is 12.2 Å². The van der Waals surface area contributed by atoms with Crippen molar-refractivity contribution in [1.82, 2.24) is 19.8 Å². The van der Waals surface area contributed by atoms with Crippen LogP contribution in [0.3, 0.4) is 0 Å². The summed E-state index contributed by atoms with van der Waals surface area (Å²) in [7, 11) is 0. The number of aromatic nitrogens is 4. The second-order valence-electron chi connectivity index (χ2n) is 6.05. The van der Waals surface area contributed by atoms with E-state index in [9.17, 15) is 4.79 Å². The fourth-order valence-electron chi connectivity index (χ4n) is 2.12. The average molecular weight is 291 g/mol. The highest BCUT2D eigenvalue weighted by atomic mass is 16.4. The van der Waals surface area contributed by atoms with Gasteiger partial charge in [0.2, 0.25) is 0 Å². The van der Waals surface area contributed by atoms with Crippen LogP contribution in [0.15, 0.2) is 12.1 Å². The zero-order valence-corrected chi connectivity index (χ0v) is 12.9. The van der Waals surface area contributed by atoms with Gasteiger partial charge < -0.3 is 10.0 Å². The smallest absolute Gasteiger partial charge is 0.323 e. The molecule has 1 N–H and O–H groups in total. The molecule has 2 heterocycles. The average Bonchev–Trinajstić information content (AvgIpc) is 2.80. The minimum Gasteiger partial charge on any atom is -0.480 e. The molecular formula is C14H21N5O2. The third kappa shape index (κ3) is 3.29. The molecular weight excluding hydrogens is 270 g/mol. The summed E-state index contributed by atoms with van der Waals surface area (Å²) in [4.78, 5) is 12.7. The molecule has 0 amide bonds. The summed E-state index contributed by atoms with van der Waals surface area (Å²) in [6, 6.07) is 3.60. The summed E-state index contributed by atoms with van der Waals surface area (Å²) in [5.41, 5.74) is 0.475. The molecule has 0 spiro atoms. The van der Waals surface area contributed by atoms with Gasteiger partial charge >= 0.3 is 5.97 Å². The summed E-state index contributed by atoms with van der Waals surface area (Å²) in [5, 5.41) is 21.9. The molecule has 0 saturated carbocycles. The van der Waals surface area contributed by atoms with Crippen LogP contribution in [0.4, 0.5) is 5.82 Å². The molecule has 0 aliphatic heterocycles. The van der Waals surface area contributed by atoms with Gasteiger partial charge in [-0.15, -0.1) is 15.3 Å². The Labute approximate surface area is 123 Å². The third-order valence-corrected chi connectivity index (χ3v) is 3.06. The molecule has 0 aliphatic carbocycles. The molecule has 114 valence electrons. The van der Waals surface area contributed by atoms with Gasteiger partial charge in [-0.05, 0) is 18.6 Å². The molecule has 2 aromatic rings. The van der Waals surface area contributed by atoms with E-state index in [1.165, 1.54) is 0 Å². The molecule has 0 saturated heterocycles. The normalized spacial score (nSPS) is 11.8. The summed E-state index contributed by atoms with van der Waals surface area (Å²) in [6.45, 7) is 8.69. The first kappa shape index (κ1) is 15.2. The van der Waals surface area contributed by atoms with Gasteiger partial charge in [0.05, 0.1) is 0 Å². The van der Waals surface area contributed by atoms with Crippen LogP contribution in [0.5, 0.6) is 0 Å². The molecule has 0 aliphatic rings. The molecule has 0 radical (unpaired) electrons. The zero-order chi connectivity index (χ0) is 15.6. The van der Waals surface area contributed by atoms with Crippen LogP contribution in [0.25, 0.3) is 5.65 Å². The minimum absolute atomic E-state index is 0.0701. The summed E-state index contributed by atoms with van der Waals surface area (Å²) < 4.78 is 1.69. The first-order valence-corrected chi connectivity index (χ1v) is 7.02. The molecule has 2 rings (SSSR count). The molecule has 0 bridgehead atoms. The second kappa shape index (κ2) is 5.67. The van der Waals surface area contributed by atoms with Crippen LogP contribution in [0.1, 0.15) is 39.9 Å². The van der Waals surface area contributed by atoms with Crippen LogP contribution in [-0.2, 0) is 10.2 Å². The number of aliphatic carboxylic acids is 1. The zero-order valence-electron chi connectivity index (χ0n) is 12.9. The number of carboxylic acid groups (broad SMARTS) is 1. The lowest BCUT2D eigenvalue weighted by Gasteiger charge is -2.21. The van der Waals surface area contributed by atoms with Crippen molar-refractivity contribution in [2.45, 2.75) is 39.5 Å². The Hall–Kier alpha value is -2.18. The van der Waals surface area contributed by atoms with Gasteiger partial charge in [-0.25, -0.2) is 0 Å². The fourth-order valence-corrected chi connectivity index (χ4v) is 2.12. The minimum atomic E-state index is -0.870. The fraction of sp³-hybridized carbons (Fsp3) is 0.571. The van der Waals surface area contributed by atoms with E-state index in [0.29, 0.717) is 18.0 Å². The Balaban J connectivity index is 2.46. The number of fused-ring (bicyclic) bond motifs is 1. The van der Waals surface area contributed by atoms with Crippen LogP contribution >= 0.6 is 0 Å². The van der Waals surface area contributed by atoms with E-state index < -0.39 is 5.97 Å². The van der Waals surface area contributed by atoms with Crippen molar-refractivity contribution in [3.8, 4) is 0 Å². The van der Waals surface area contributed by atoms with Gasteiger partial charge in [0.25, 0.3) is 0 Å². The number of hydrogen-bond acceptors (Lipinski definition) is 5. The predicted molar refractivity (Wildman–Crippen MR) is 79.6 cm³/mol. The third-order valence-electron chi connectivity index (χ3n) is 3.06. The SMILES string of the molecule is CCCN(CC(=O)O)c1ccc2nnc(C(C)(C)C)n2n1. The molecule has 0 atom stereocenters. The van der Waals surface area contributed by atoms with E-state index in [1.54, 1.807) is 15.5 Å². The van der Waals surface area contributed by atoms with Crippen molar-refractivity contribution in [2.75, 3.05) is 18.0 Å². The van der Waals surface area contributed by atoms with Gasteiger partial charge in [0.1, 0.15) is 12.4 Å². The lowest BCUT2D eigenvalue weighted by Crippen LogP contribution is -2.31. The molecule has 0 aromatic carbocycles. The van der Waals surface area contributed by atoms with E-state index in [2.05, 4.69) is 15.3 Å². The maximum absolute atomic E-state index is 11.0. The second-order valence-corrected chi connectivity index (χ2v) is 6.05. The van der Waals surface area contributed by atoms with Crippen LogP contribution in [-0.4, -0.2) is 44.0 Å². The molecule has 0 fully saturated rings. The number of carbonyl (C=O) groups is 1. The Morgan fingerprint density at radius 1 is 1.33 bits per heavy atom. The van der Waals surface area contributed by atoms with E-state index in [1.807, 2.05) is 33.8 Å². The highest BCUT2D eigenvalue weighted by Gasteiger charge is 2.22. The van der Waals surface area contributed by atoms with Crippen molar-refractivity contribution in [2.24, 2.45) is 0 Å². The highest BCUT2D eigenvalue weighted by molar-refractivity contribution is 5.73. The van der Waals surface area contributed by atoms with E-state index in [4.69, 9.17) is 5.11 Å². The molecule has 7 heteroatoms. The van der Waals surface area contributed by atoms with Gasteiger partial charge in [-0.2, -0.15) is 4.52 Å². The number of carboxylic acids is 1. The molecule has 21 heavy (non-hydrogen) atoms. The van der Waals surface area contributed by atoms with Crippen LogP contribution < -0.4 is 4.90 Å². The molecule has 7 nitrogen and oxygen atoms in total. The molecule has 2 aromatic heterocycles. The summed E-state index contributed by atoms with van der Waals surface area (Å²) in [6.07, 6.45) is 0.849. The first-order chi connectivity index (χ1) is 9.82. The quantitative estimate of drug-likeness (QED) is 0.903. The largest absolute Gasteiger partial charge is 0.480 e. The Bertz CT molecular complexity index is 644. The number of nitrogens with zero attached hydrogens (tertiary/aromatic N) is 5. The topological polar surface area (TPSA) is 83.6 Å². The standard InChI is InChI=1S/C14H21N5O2/c1-5-8-18(9-12(20)21)11-7-6-10-15-16-13(14(2,3)4)19(10)17-11/h6-7H,5,8-9H2,1-4H3,(H,20,21). The predicted octanol–water partition coefficient (Wildman–Crippen LogP) is 1.72. The summed E-state index contributed by atoms with van der Waals surface area (Å²) in [5.74, 6) is 0.508. The van der Waals surface area contributed by atoms with Crippen molar-refractivity contribution in [3.05, 3.63) is 18.0 Å². The van der Waals surface area contributed by atoms with Gasteiger partial charge in [0.15, 0.2) is 11.5 Å². The van der Waals surface area contributed by atoms with Crippen molar-refractivity contribution >= 4 is 17.4 Å². The number of rotatable bonds is 5. The first-order valence-electron chi connectivity index (χ1n) is 7.02. The molecule has 0 unspecified atom stereocenters. The Kier molecular flexibility index (Phi) is 4.11. The van der Waals surface area contributed by atoms with Crippen molar-refractivity contribution < 1.29 is 9.90 Å². The van der Waals surface area contributed by atoms with E-state index in [-0.39, 0.29) is 12.0 Å². The number of anilines is 1. The van der Waals surface area contributed by atoms with Crippen molar-refractivity contribution in [3.63, 3.8) is 0 Å². The van der Waals surface area contributed by atoms with Gasteiger partial charge in [0, 0.05) is 12.0 Å². The Morgan fingerprint density at radius 3 is 2.62 bits per heavy atom. The highest BCUT2D eigenvalue weighted by Crippen LogP contribution is 2.21. The van der Waals surface area contributed by atoms with Crippen LogP contribution in [0, 0.1) is 0 Å². The lowest BCUT2D eigenvalue weighted by molar-refractivity contribution is -0.135. The lowest BCUT2D eigenvalue weighted by atomic mass is 9.96. The van der Waals surface area contributed by atoms with E-state index >= 15 is 0 Å². The Morgan fingerprint density at radius 2 is 2.05 bits per heavy atom. The maximum Gasteiger partial charge on any atom is 0.323 e. The monoisotopic (exact) mass is 291 g/mol.